The molecule has 0 saturated heterocycles. The highest BCUT2D eigenvalue weighted by atomic mass is 35.5. The fourth-order valence-corrected chi connectivity index (χ4v) is 1.72. The Morgan fingerprint density at radius 3 is 2.85 bits per heavy atom. The number of nitrogens with one attached hydrogen (secondary N) is 1. The number of carboxylic acid groups (broad SMARTS) is 1. The first-order valence-electron chi connectivity index (χ1n) is 4.17. The molecule has 0 radical (unpaired) electrons. The molecule has 0 aromatic rings. The molecule has 0 fully saturated rings. The Bertz CT molecular complexity index is 294. The van der Waals surface area contributed by atoms with Gasteiger partial charge in [-0.2, -0.15) is 0 Å². The van der Waals surface area contributed by atoms with Gasteiger partial charge in [0.25, 0.3) is 0 Å². The highest BCUT2D eigenvalue weighted by Gasteiger charge is 2.20. The van der Waals surface area contributed by atoms with Crippen LogP contribution < -0.4 is 5.32 Å². The van der Waals surface area contributed by atoms with Gasteiger partial charge < -0.3 is 10.4 Å². The number of aliphatic carboxylic acids is 1. The van der Waals surface area contributed by atoms with Crippen LogP contribution in [0.2, 0.25) is 0 Å². The van der Waals surface area contributed by atoms with E-state index in [-0.39, 0.29) is 12.4 Å². The Morgan fingerprint density at radius 2 is 2.15 bits per heavy atom. The summed E-state index contributed by atoms with van der Waals surface area (Å²) in [6.45, 7) is 0.966. The van der Waals surface area contributed by atoms with Crippen LogP contribution in [-0.4, -0.2) is 17.6 Å². The summed E-state index contributed by atoms with van der Waals surface area (Å²) in [6.07, 6.45) is 4.46. The molecule has 4 heteroatoms. The highest BCUT2D eigenvalue weighted by Crippen LogP contribution is 2.27. The fraction of sp³-hybridized carbons (Fsp3) is 0.444. The molecule has 3 nitrogen and oxygen atoms in total. The van der Waals surface area contributed by atoms with Gasteiger partial charge in [-0.3, -0.25) is 0 Å². The molecule has 13 heavy (non-hydrogen) atoms. The van der Waals surface area contributed by atoms with Gasteiger partial charge in [-0.1, -0.05) is 0 Å². The molecule has 2 N–H and O–H groups in total. The third kappa shape index (κ3) is 1.86. The molecule has 0 spiro atoms. The molecule has 0 atom stereocenters. The minimum Gasteiger partial charge on any atom is -0.478 e. The lowest BCUT2D eigenvalue weighted by molar-refractivity contribution is -0.132. The van der Waals surface area contributed by atoms with Crippen LogP contribution in [0.1, 0.15) is 19.3 Å². The number of rotatable bonds is 1. The van der Waals surface area contributed by atoms with Gasteiger partial charge in [0, 0.05) is 17.8 Å². The van der Waals surface area contributed by atoms with Crippen molar-refractivity contribution in [1.29, 1.82) is 0 Å². The van der Waals surface area contributed by atoms with Crippen molar-refractivity contribution in [1.82, 2.24) is 5.32 Å². The Hall–Kier alpha value is -0.960. The predicted molar refractivity (Wildman–Crippen MR) is 51.8 cm³/mol. The third-order valence-corrected chi connectivity index (χ3v) is 2.41. The Labute approximate surface area is 82.9 Å². The lowest BCUT2D eigenvalue weighted by Crippen LogP contribution is -2.10. The smallest absolute Gasteiger partial charge is 0.331 e. The van der Waals surface area contributed by atoms with Crippen molar-refractivity contribution in [3.8, 4) is 0 Å². The van der Waals surface area contributed by atoms with Crippen LogP contribution in [0.4, 0.5) is 0 Å². The van der Waals surface area contributed by atoms with Crippen LogP contribution in [0.15, 0.2) is 22.9 Å². The van der Waals surface area contributed by atoms with E-state index in [2.05, 4.69) is 5.32 Å². The van der Waals surface area contributed by atoms with Gasteiger partial charge in [0.15, 0.2) is 0 Å². The van der Waals surface area contributed by atoms with Gasteiger partial charge in [0.05, 0.1) is 0 Å². The molecule has 0 saturated carbocycles. The van der Waals surface area contributed by atoms with E-state index < -0.39 is 5.97 Å². The molecule has 0 aromatic heterocycles. The molecular formula is C9H12ClNO2. The topological polar surface area (TPSA) is 49.3 Å². The molecular weight excluding hydrogens is 190 g/mol. The maximum Gasteiger partial charge on any atom is 0.331 e. The maximum absolute atomic E-state index is 10.6. The van der Waals surface area contributed by atoms with Gasteiger partial charge in [-0.25, -0.2) is 4.79 Å². The van der Waals surface area contributed by atoms with E-state index in [0.29, 0.717) is 12.0 Å². The van der Waals surface area contributed by atoms with Crippen molar-refractivity contribution in [3.63, 3.8) is 0 Å². The van der Waals surface area contributed by atoms with E-state index in [9.17, 15) is 4.79 Å². The Balaban J connectivity index is 0.000000845. The van der Waals surface area contributed by atoms with E-state index in [4.69, 9.17) is 5.11 Å². The highest BCUT2D eigenvalue weighted by molar-refractivity contribution is 5.87. The standard InChI is InChI=1S/C9H11NO2.ClH/c11-9(12)7-2-1-6-3-4-10-8(6)5-7;/h5,10H,1-4H2,(H,11,12);1H. The molecule has 72 valence electrons. The van der Waals surface area contributed by atoms with Crippen molar-refractivity contribution in [2.45, 2.75) is 19.3 Å². The molecule has 0 amide bonds. The van der Waals surface area contributed by atoms with Gasteiger partial charge >= 0.3 is 5.97 Å². The van der Waals surface area contributed by atoms with Crippen LogP contribution in [0.3, 0.4) is 0 Å². The van der Waals surface area contributed by atoms with E-state index in [1.54, 1.807) is 6.08 Å². The zero-order valence-corrected chi connectivity index (χ0v) is 7.99. The second kappa shape index (κ2) is 3.83. The van der Waals surface area contributed by atoms with Crippen molar-refractivity contribution < 1.29 is 9.90 Å². The number of allylic oxidation sites excluding steroid dienone is 1. The van der Waals surface area contributed by atoms with Gasteiger partial charge in [0.1, 0.15) is 0 Å². The molecule has 0 bridgehead atoms. The van der Waals surface area contributed by atoms with E-state index in [1.807, 2.05) is 0 Å². The van der Waals surface area contributed by atoms with Crippen LogP contribution in [0.5, 0.6) is 0 Å². The SMILES string of the molecule is Cl.O=C(O)C1=CC2=C(CCN2)CC1. The number of halogens is 1. The zero-order chi connectivity index (χ0) is 8.55. The molecule has 2 aliphatic rings. The Morgan fingerprint density at radius 1 is 1.38 bits per heavy atom. The molecule has 1 aliphatic carbocycles. The van der Waals surface area contributed by atoms with Crippen molar-refractivity contribution in [3.05, 3.63) is 22.9 Å². The number of carboxylic acids is 1. The molecule has 1 heterocycles. The summed E-state index contributed by atoms with van der Waals surface area (Å²) in [4.78, 5) is 10.6. The second-order valence-electron chi connectivity index (χ2n) is 3.17. The molecule has 0 aromatic carbocycles. The Kier molecular flexibility index (Phi) is 2.98. The lowest BCUT2D eigenvalue weighted by atomic mass is 9.96. The summed E-state index contributed by atoms with van der Waals surface area (Å²) >= 11 is 0. The van der Waals surface area contributed by atoms with E-state index >= 15 is 0 Å². The number of hydrogen-bond donors (Lipinski definition) is 2. The van der Waals surface area contributed by atoms with Crippen molar-refractivity contribution >= 4 is 18.4 Å². The minimum absolute atomic E-state index is 0. The predicted octanol–water partition coefficient (Wildman–Crippen LogP) is 1.46. The summed E-state index contributed by atoms with van der Waals surface area (Å²) in [6, 6.07) is 0. The van der Waals surface area contributed by atoms with Crippen LogP contribution in [-0.2, 0) is 4.79 Å². The quantitative estimate of drug-likeness (QED) is 0.676. The number of carbonyl (C=O) groups is 1. The number of hydrogen-bond acceptors (Lipinski definition) is 2. The second-order valence-corrected chi connectivity index (χ2v) is 3.17. The van der Waals surface area contributed by atoms with Gasteiger partial charge in [0.2, 0.25) is 0 Å². The third-order valence-electron chi connectivity index (χ3n) is 2.41. The molecule has 2 rings (SSSR count). The molecule has 1 aliphatic heterocycles. The van der Waals surface area contributed by atoms with Crippen molar-refractivity contribution in [2.75, 3.05) is 6.54 Å². The van der Waals surface area contributed by atoms with Crippen LogP contribution in [0, 0.1) is 0 Å². The van der Waals surface area contributed by atoms with E-state index in [0.717, 1.165) is 25.1 Å². The first-order chi connectivity index (χ1) is 5.77. The first kappa shape index (κ1) is 10.1. The van der Waals surface area contributed by atoms with E-state index in [1.165, 1.54) is 5.57 Å². The van der Waals surface area contributed by atoms with Gasteiger partial charge in [-0.15, -0.1) is 12.4 Å². The normalized spacial score (nSPS) is 19.8. The maximum atomic E-state index is 10.6. The van der Waals surface area contributed by atoms with Crippen LogP contribution in [0.25, 0.3) is 0 Å². The fourth-order valence-electron chi connectivity index (χ4n) is 1.72. The summed E-state index contributed by atoms with van der Waals surface area (Å²) in [5.41, 5.74) is 2.97. The van der Waals surface area contributed by atoms with Gasteiger partial charge in [-0.05, 0) is 30.9 Å². The largest absolute Gasteiger partial charge is 0.478 e. The monoisotopic (exact) mass is 201 g/mol. The minimum atomic E-state index is -0.782. The lowest BCUT2D eigenvalue weighted by Gasteiger charge is -2.11. The van der Waals surface area contributed by atoms with Crippen molar-refractivity contribution in [2.24, 2.45) is 0 Å². The molecule has 0 unspecified atom stereocenters. The average Bonchev–Trinajstić information content (AvgIpc) is 2.49. The van der Waals surface area contributed by atoms with Crippen LogP contribution >= 0.6 is 12.4 Å². The zero-order valence-electron chi connectivity index (χ0n) is 7.17. The first-order valence-corrected chi connectivity index (χ1v) is 4.17. The summed E-state index contributed by atoms with van der Waals surface area (Å²) < 4.78 is 0. The summed E-state index contributed by atoms with van der Waals surface area (Å²) in [5, 5.41) is 11.9. The summed E-state index contributed by atoms with van der Waals surface area (Å²) in [7, 11) is 0. The summed E-state index contributed by atoms with van der Waals surface area (Å²) in [5.74, 6) is -0.782. The average molecular weight is 202 g/mol.